The van der Waals surface area contributed by atoms with E-state index >= 15 is 0 Å². The first-order valence-corrected chi connectivity index (χ1v) is 9.58. The maximum atomic E-state index is 11.3. The Labute approximate surface area is 126 Å². The molecule has 6 heteroatoms. The summed E-state index contributed by atoms with van der Waals surface area (Å²) in [6, 6.07) is 4.40. The summed E-state index contributed by atoms with van der Waals surface area (Å²) < 4.78 is 6.03. The van der Waals surface area contributed by atoms with Gasteiger partial charge in [-0.2, -0.15) is 0 Å². The first-order valence-electron chi connectivity index (χ1n) is 6.80. The molecule has 1 atom stereocenters. The second-order valence-electron chi connectivity index (χ2n) is 6.35. The van der Waals surface area contributed by atoms with Crippen LogP contribution in [0, 0.1) is 5.41 Å². The van der Waals surface area contributed by atoms with E-state index in [0.29, 0.717) is 5.56 Å². The standard InChI is InChI=1S/C15H22O5Si/c1-15(2,3)12(20-21(4)5)9-6-7-10(13(16)17)11(8-9)14(18)19/h6-8,12,21H,1-5H3,(H,16,17)(H,18,19). The van der Waals surface area contributed by atoms with Crippen molar-refractivity contribution in [2.45, 2.75) is 40.0 Å². The molecule has 0 bridgehead atoms. The molecule has 0 amide bonds. The highest BCUT2D eigenvalue weighted by Gasteiger charge is 2.29. The minimum absolute atomic E-state index is 0.205. The Kier molecular flexibility index (Phi) is 5.30. The number of aromatic carboxylic acids is 2. The van der Waals surface area contributed by atoms with E-state index in [-0.39, 0.29) is 22.6 Å². The average molecular weight is 310 g/mol. The molecule has 0 heterocycles. The van der Waals surface area contributed by atoms with E-state index in [1.165, 1.54) is 12.1 Å². The van der Waals surface area contributed by atoms with Gasteiger partial charge in [-0.1, -0.05) is 26.8 Å². The van der Waals surface area contributed by atoms with Gasteiger partial charge in [-0.15, -0.1) is 0 Å². The zero-order valence-corrected chi connectivity index (χ0v) is 14.2. The van der Waals surface area contributed by atoms with Gasteiger partial charge in [0.25, 0.3) is 0 Å². The fraction of sp³-hybridized carbons (Fsp3) is 0.467. The Hall–Kier alpha value is -1.66. The van der Waals surface area contributed by atoms with Gasteiger partial charge in [0.05, 0.1) is 17.2 Å². The second-order valence-corrected chi connectivity index (χ2v) is 8.72. The number of carbonyl (C=O) groups is 2. The number of benzene rings is 1. The van der Waals surface area contributed by atoms with E-state index in [2.05, 4.69) is 0 Å². The molecule has 0 aliphatic rings. The van der Waals surface area contributed by atoms with Crippen LogP contribution in [0.4, 0.5) is 0 Å². The highest BCUT2D eigenvalue weighted by Crippen LogP contribution is 2.37. The van der Waals surface area contributed by atoms with Crippen molar-refractivity contribution in [3.05, 3.63) is 34.9 Å². The van der Waals surface area contributed by atoms with Crippen LogP contribution in [0.1, 0.15) is 53.2 Å². The Balaban J connectivity index is 3.37. The molecule has 2 N–H and O–H groups in total. The van der Waals surface area contributed by atoms with Crippen molar-refractivity contribution in [2.24, 2.45) is 5.41 Å². The van der Waals surface area contributed by atoms with Gasteiger partial charge >= 0.3 is 11.9 Å². The van der Waals surface area contributed by atoms with Crippen molar-refractivity contribution < 1.29 is 24.2 Å². The molecule has 0 saturated heterocycles. The van der Waals surface area contributed by atoms with Gasteiger partial charge in [-0.05, 0) is 36.2 Å². The SMILES string of the molecule is C[SiH](C)OC(c1ccc(C(=O)O)c(C(=O)O)c1)C(C)(C)C. The summed E-state index contributed by atoms with van der Waals surface area (Å²) in [7, 11) is -1.33. The van der Waals surface area contributed by atoms with Crippen molar-refractivity contribution in [3.8, 4) is 0 Å². The smallest absolute Gasteiger partial charge is 0.336 e. The van der Waals surface area contributed by atoms with Crippen LogP contribution < -0.4 is 0 Å². The van der Waals surface area contributed by atoms with Gasteiger partial charge in [0.2, 0.25) is 0 Å². The third-order valence-corrected chi connectivity index (χ3v) is 3.82. The molecule has 1 unspecified atom stereocenters. The molecule has 0 aromatic heterocycles. The van der Waals surface area contributed by atoms with E-state index in [4.69, 9.17) is 9.53 Å². The molecule has 0 fully saturated rings. The molecule has 5 nitrogen and oxygen atoms in total. The number of hydrogen-bond acceptors (Lipinski definition) is 3. The van der Waals surface area contributed by atoms with Crippen molar-refractivity contribution >= 4 is 21.0 Å². The number of carboxylic acids is 2. The van der Waals surface area contributed by atoms with Gasteiger partial charge in [0, 0.05) is 0 Å². The maximum absolute atomic E-state index is 11.3. The number of hydrogen-bond donors (Lipinski definition) is 2. The molecule has 21 heavy (non-hydrogen) atoms. The Bertz CT molecular complexity index is 545. The molecule has 0 saturated carbocycles. The van der Waals surface area contributed by atoms with Crippen LogP contribution in [0.15, 0.2) is 18.2 Å². The largest absolute Gasteiger partial charge is 0.478 e. The minimum Gasteiger partial charge on any atom is -0.478 e. The molecule has 0 spiro atoms. The van der Waals surface area contributed by atoms with Crippen LogP contribution in [-0.4, -0.2) is 31.2 Å². The topological polar surface area (TPSA) is 83.8 Å². The van der Waals surface area contributed by atoms with Gasteiger partial charge in [0.15, 0.2) is 9.04 Å². The van der Waals surface area contributed by atoms with Gasteiger partial charge in [-0.3, -0.25) is 0 Å². The Morgan fingerprint density at radius 1 is 1.10 bits per heavy atom. The molecular formula is C15H22O5Si. The molecule has 0 aliphatic carbocycles. The summed E-state index contributed by atoms with van der Waals surface area (Å²) >= 11 is 0. The first kappa shape index (κ1) is 17.4. The van der Waals surface area contributed by atoms with Crippen LogP contribution in [0.5, 0.6) is 0 Å². The van der Waals surface area contributed by atoms with Gasteiger partial charge in [0.1, 0.15) is 0 Å². The lowest BCUT2D eigenvalue weighted by Crippen LogP contribution is -2.26. The Morgan fingerprint density at radius 2 is 1.62 bits per heavy atom. The predicted octanol–water partition coefficient (Wildman–Crippen LogP) is 3.17. The molecular weight excluding hydrogens is 288 g/mol. The van der Waals surface area contributed by atoms with Crippen LogP contribution in [0.25, 0.3) is 0 Å². The molecule has 1 aromatic carbocycles. The van der Waals surface area contributed by atoms with E-state index in [9.17, 15) is 14.7 Å². The summed E-state index contributed by atoms with van der Waals surface area (Å²) in [6.07, 6.45) is -0.259. The first-order chi connectivity index (χ1) is 9.54. The van der Waals surface area contributed by atoms with Crippen molar-refractivity contribution in [3.63, 3.8) is 0 Å². The summed E-state index contributed by atoms with van der Waals surface area (Å²) in [5.41, 5.74) is 0.0766. The fourth-order valence-electron chi connectivity index (χ4n) is 2.14. The van der Waals surface area contributed by atoms with Crippen LogP contribution in [0.3, 0.4) is 0 Å². The third kappa shape index (κ3) is 4.40. The van der Waals surface area contributed by atoms with Crippen LogP contribution >= 0.6 is 0 Å². The highest BCUT2D eigenvalue weighted by atomic mass is 28.3. The Morgan fingerprint density at radius 3 is 2.00 bits per heavy atom. The lowest BCUT2D eigenvalue weighted by molar-refractivity contribution is 0.0648. The average Bonchev–Trinajstić information content (AvgIpc) is 2.33. The van der Waals surface area contributed by atoms with Gasteiger partial charge in [-0.25, -0.2) is 9.59 Å². The second kappa shape index (κ2) is 6.40. The van der Waals surface area contributed by atoms with Crippen molar-refractivity contribution in [1.29, 1.82) is 0 Å². The molecule has 0 radical (unpaired) electrons. The quantitative estimate of drug-likeness (QED) is 0.816. The lowest BCUT2D eigenvalue weighted by atomic mass is 9.84. The zero-order valence-electron chi connectivity index (χ0n) is 13.0. The van der Waals surface area contributed by atoms with E-state index < -0.39 is 21.0 Å². The highest BCUT2D eigenvalue weighted by molar-refractivity contribution is 6.48. The third-order valence-electron chi connectivity index (χ3n) is 3.00. The monoisotopic (exact) mass is 310 g/mol. The summed E-state index contributed by atoms with van der Waals surface area (Å²) in [5.74, 6) is -2.49. The zero-order chi connectivity index (χ0) is 16.4. The van der Waals surface area contributed by atoms with Crippen molar-refractivity contribution in [1.82, 2.24) is 0 Å². The van der Waals surface area contributed by atoms with Gasteiger partial charge < -0.3 is 14.6 Å². The molecule has 0 aliphatic heterocycles. The summed E-state index contributed by atoms with van der Waals surface area (Å²) in [4.78, 5) is 22.4. The van der Waals surface area contributed by atoms with E-state index in [1.807, 2.05) is 33.9 Å². The van der Waals surface area contributed by atoms with E-state index in [1.54, 1.807) is 6.07 Å². The van der Waals surface area contributed by atoms with Crippen LogP contribution in [-0.2, 0) is 4.43 Å². The molecule has 1 rings (SSSR count). The number of rotatable bonds is 5. The predicted molar refractivity (Wildman–Crippen MR) is 82.5 cm³/mol. The van der Waals surface area contributed by atoms with E-state index in [0.717, 1.165) is 0 Å². The summed E-state index contributed by atoms with van der Waals surface area (Å²) in [6.45, 7) is 10.1. The number of carboxylic acid groups (broad SMARTS) is 2. The van der Waals surface area contributed by atoms with Crippen LogP contribution in [0.2, 0.25) is 13.1 Å². The normalized spacial score (nSPS) is 13.2. The summed E-state index contributed by atoms with van der Waals surface area (Å²) in [5, 5.41) is 18.3. The fourth-order valence-corrected chi connectivity index (χ4v) is 3.25. The molecule has 1 aromatic rings. The maximum Gasteiger partial charge on any atom is 0.336 e. The lowest BCUT2D eigenvalue weighted by Gasteiger charge is -2.33. The van der Waals surface area contributed by atoms with Crippen molar-refractivity contribution in [2.75, 3.05) is 0 Å². The minimum atomic E-state index is -1.33. The molecule has 116 valence electrons.